The minimum atomic E-state index is 0.280. The lowest BCUT2D eigenvalue weighted by molar-refractivity contribution is -0.132. The van der Waals surface area contributed by atoms with Crippen LogP contribution in [0, 0.1) is 5.92 Å². The second-order valence-electron chi connectivity index (χ2n) is 5.31. The molecule has 1 N–H and O–H groups in total. The van der Waals surface area contributed by atoms with Gasteiger partial charge in [-0.25, -0.2) is 0 Å². The topological polar surface area (TPSA) is 32.3 Å². The number of rotatable bonds is 5. The van der Waals surface area contributed by atoms with Crippen LogP contribution in [0.3, 0.4) is 0 Å². The summed E-state index contributed by atoms with van der Waals surface area (Å²) in [5.74, 6) is 0.928. The normalized spacial score (nSPS) is 23.9. The van der Waals surface area contributed by atoms with E-state index in [2.05, 4.69) is 26.1 Å². The van der Waals surface area contributed by atoms with E-state index in [0.717, 1.165) is 13.0 Å². The van der Waals surface area contributed by atoms with Crippen LogP contribution in [0.1, 0.15) is 46.5 Å². The van der Waals surface area contributed by atoms with Crippen molar-refractivity contribution in [3.63, 3.8) is 0 Å². The third kappa shape index (κ3) is 3.78. The zero-order valence-electron chi connectivity index (χ0n) is 11.1. The van der Waals surface area contributed by atoms with Gasteiger partial charge in [0.05, 0.1) is 0 Å². The van der Waals surface area contributed by atoms with Crippen LogP contribution in [0.25, 0.3) is 0 Å². The number of piperidine rings is 1. The third-order valence-corrected chi connectivity index (χ3v) is 3.51. The standard InChI is InChI=1S/C13H26N2O/c1-5-6-12(10(2)3)14-11-7-8-15(4)13(16)9-11/h10-12,14H,5-9H2,1-4H3. The quantitative estimate of drug-likeness (QED) is 0.778. The Kier molecular flexibility index (Phi) is 5.26. The minimum Gasteiger partial charge on any atom is -0.346 e. The maximum absolute atomic E-state index is 11.6. The Labute approximate surface area is 99.6 Å². The van der Waals surface area contributed by atoms with Crippen LogP contribution in [-0.2, 0) is 4.79 Å². The Bertz CT molecular complexity index is 228. The Morgan fingerprint density at radius 1 is 1.50 bits per heavy atom. The SMILES string of the molecule is CCCC(NC1CCN(C)C(=O)C1)C(C)C. The zero-order chi connectivity index (χ0) is 12.1. The molecule has 3 heteroatoms. The smallest absolute Gasteiger partial charge is 0.223 e. The molecular weight excluding hydrogens is 200 g/mol. The van der Waals surface area contributed by atoms with Crippen molar-refractivity contribution in [2.75, 3.05) is 13.6 Å². The number of hydrogen-bond acceptors (Lipinski definition) is 2. The first-order valence-corrected chi connectivity index (χ1v) is 6.54. The summed E-state index contributed by atoms with van der Waals surface area (Å²) in [6.45, 7) is 7.62. The number of hydrogen-bond donors (Lipinski definition) is 1. The zero-order valence-corrected chi connectivity index (χ0v) is 11.1. The van der Waals surface area contributed by atoms with Gasteiger partial charge >= 0.3 is 0 Å². The van der Waals surface area contributed by atoms with E-state index in [1.807, 2.05) is 11.9 Å². The van der Waals surface area contributed by atoms with Crippen LogP contribution >= 0.6 is 0 Å². The van der Waals surface area contributed by atoms with Gasteiger partial charge in [-0.15, -0.1) is 0 Å². The third-order valence-electron chi connectivity index (χ3n) is 3.51. The fourth-order valence-electron chi connectivity index (χ4n) is 2.31. The van der Waals surface area contributed by atoms with Crippen molar-refractivity contribution in [1.29, 1.82) is 0 Å². The molecule has 3 nitrogen and oxygen atoms in total. The lowest BCUT2D eigenvalue weighted by atomic mass is 9.96. The average molecular weight is 226 g/mol. The van der Waals surface area contributed by atoms with Crippen molar-refractivity contribution in [1.82, 2.24) is 10.2 Å². The van der Waals surface area contributed by atoms with E-state index >= 15 is 0 Å². The molecule has 1 fully saturated rings. The number of nitrogens with zero attached hydrogens (tertiary/aromatic N) is 1. The number of carbonyl (C=O) groups is 1. The van der Waals surface area contributed by atoms with Gasteiger partial charge in [0.1, 0.15) is 0 Å². The van der Waals surface area contributed by atoms with Crippen LogP contribution in [0.5, 0.6) is 0 Å². The molecule has 1 saturated heterocycles. The van der Waals surface area contributed by atoms with Gasteiger partial charge in [0, 0.05) is 32.1 Å². The van der Waals surface area contributed by atoms with E-state index in [1.54, 1.807) is 0 Å². The molecule has 16 heavy (non-hydrogen) atoms. The monoisotopic (exact) mass is 226 g/mol. The molecule has 0 bridgehead atoms. The minimum absolute atomic E-state index is 0.280. The van der Waals surface area contributed by atoms with E-state index in [-0.39, 0.29) is 5.91 Å². The summed E-state index contributed by atoms with van der Waals surface area (Å²) in [5.41, 5.74) is 0. The van der Waals surface area contributed by atoms with Crippen molar-refractivity contribution in [3.05, 3.63) is 0 Å². The van der Waals surface area contributed by atoms with Gasteiger partial charge in [-0.05, 0) is 18.8 Å². The van der Waals surface area contributed by atoms with Gasteiger partial charge in [-0.1, -0.05) is 27.2 Å². The lowest BCUT2D eigenvalue weighted by Gasteiger charge is -2.33. The summed E-state index contributed by atoms with van der Waals surface area (Å²) in [6, 6.07) is 0.953. The van der Waals surface area contributed by atoms with E-state index < -0.39 is 0 Å². The molecular formula is C13H26N2O. The first-order valence-electron chi connectivity index (χ1n) is 6.54. The molecule has 2 unspecified atom stereocenters. The van der Waals surface area contributed by atoms with E-state index in [4.69, 9.17) is 0 Å². The maximum atomic E-state index is 11.6. The molecule has 2 atom stereocenters. The molecule has 1 rings (SSSR count). The van der Waals surface area contributed by atoms with Gasteiger partial charge in [0.25, 0.3) is 0 Å². The predicted octanol–water partition coefficient (Wildman–Crippen LogP) is 2.02. The van der Waals surface area contributed by atoms with Crippen LogP contribution in [-0.4, -0.2) is 36.5 Å². The molecule has 0 aromatic heterocycles. The lowest BCUT2D eigenvalue weighted by Crippen LogP contribution is -2.48. The first kappa shape index (κ1) is 13.5. The van der Waals surface area contributed by atoms with Gasteiger partial charge in [-0.3, -0.25) is 4.79 Å². The molecule has 94 valence electrons. The van der Waals surface area contributed by atoms with Crippen LogP contribution in [0.15, 0.2) is 0 Å². The Balaban J connectivity index is 2.43. The predicted molar refractivity (Wildman–Crippen MR) is 67.3 cm³/mol. The number of carbonyl (C=O) groups excluding carboxylic acids is 1. The number of likely N-dealkylation sites (tertiary alicyclic amines) is 1. The molecule has 1 aliphatic heterocycles. The van der Waals surface area contributed by atoms with Crippen molar-refractivity contribution < 1.29 is 4.79 Å². The van der Waals surface area contributed by atoms with Gasteiger partial charge in [0.15, 0.2) is 0 Å². The summed E-state index contributed by atoms with van der Waals surface area (Å²) in [5, 5.41) is 3.66. The summed E-state index contributed by atoms with van der Waals surface area (Å²) < 4.78 is 0. The van der Waals surface area contributed by atoms with Crippen molar-refractivity contribution in [2.45, 2.75) is 58.5 Å². The largest absolute Gasteiger partial charge is 0.346 e. The molecule has 0 aromatic carbocycles. The summed E-state index contributed by atoms with van der Waals surface area (Å²) in [6.07, 6.45) is 4.17. The average Bonchev–Trinajstić information content (AvgIpc) is 2.22. The second-order valence-corrected chi connectivity index (χ2v) is 5.31. The molecule has 1 amide bonds. The summed E-state index contributed by atoms with van der Waals surface area (Å²) in [7, 11) is 1.89. The van der Waals surface area contributed by atoms with Crippen LogP contribution in [0.2, 0.25) is 0 Å². The Hall–Kier alpha value is -0.570. The van der Waals surface area contributed by atoms with Crippen molar-refractivity contribution >= 4 is 5.91 Å². The highest BCUT2D eigenvalue weighted by atomic mass is 16.2. The van der Waals surface area contributed by atoms with Gasteiger partial charge in [-0.2, -0.15) is 0 Å². The fourth-order valence-corrected chi connectivity index (χ4v) is 2.31. The van der Waals surface area contributed by atoms with Crippen LogP contribution < -0.4 is 5.32 Å². The molecule has 1 heterocycles. The van der Waals surface area contributed by atoms with Crippen molar-refractivity contribution in [2.24, 2.45) is 5.92 Å². The second kappa shape index (κ2) is 6.24. The first-order chi connectivity index (χ1) is 7.54. The van der Waals surface area contributed by atoms with Gasteiger partial charge < -0.3 is 10.2 Å². The maximum Gasteiger partial charge on any atom is 0.223 e. The van der Waals surface area contributed by atoms with E-state index in [1.165, 1.54) is 12.8 Å². The van der Waals surface area contributed by atoms with E-state index in [9.17, 15) is 4.79 Å². The molecule has 1 aliphatic rings. The molecule has 0 aliphatic carbocycles. The molecule has 0 aromatic rings. The number of amides is 1. The molecule has 0 saturated carbocycles. The van der Waals surface area contributed by atoms with E-state index in [0.29, 0.717) is 24.4 Å². The summed E-state index contributed by atoms with van der Waals surface area (Å²) >= 11 is 0. The highest BCUT2D eigenvalue weighted by Crippen LogP contribution is 2.15. The number of nitrogens with one attached hydrogen (secondary N) is 1. The Morgan fingerprint density at radius 3 is 2.69 bits per heavy atom. The molecule has 0 spiro atoms. The summed E-state index contributed by atoms with van der Waals surface area (Å²) in [4.78, 5) is 13.4. The van der Waals surface area contributed by atoms with Crippen molar-refractivity contribution in [3.8, 4) is 0 Å². The molecule has 0 radical (unpaired) electrons. The fraction of sp³-hybridized carbons (Fsp3) is 0.923. The van der Waals surface area contributed by atoms with Crippen LogP contribution in [0.4, 0.5) is 0 Å². The highest BCUT2D eigenvalue weighted by Gasteiger charge is 2.25. The highest BCUT2D eigenvalue weighted by molar-refractivity contribution is 5.77. The Morgan fingerprint density at radius 2 is 2.19 bits per heavy atom. The van der Waals surface area contributed by atoms with Gasteiger partial charge in [0.2, 0.25) is 5.91 Å².